The van der Waals surface area contributed by atoms with Crippen LogP contribution in [0.2, 0.25) is 0 Å². The first kappa shape index (κ1) is 29.3. The second-order valence-electron chi connectivity index (χ2n) is 13.2. The summed E-state index contributed by atoms with van der Waals surface area (Å²) in [6.07, 6.45) is 0. The molecule has 0 saturated carbocycles. The highest BCUT2D eigenvalue weighted by atomic mass is 15.0. The molecule has 234 valence electrons. The summed E-state index contributed by atoms with van der Waals surface area (Å²) in [6.45, 7) is 13.0. The lowest BCUT2D eigenvalue weighted by Gasteiger charge is -2.21. The smallest absolute Gasteiger partial charge is 0.211 e. The summed E-state index contributed by atoms with van der Waals surface area (Å²) in [6, 6.07) is 49.4. The van der Waals surface area contributed by atoms with Crippen LogP contribution in [0, 0.1) is 17.9 Å². The Morgan fingerprint density at radius 3 is 2.06 bits per heavy atom. The Morgan fingerprint density at radius 1 is 0.660 bits per heavy atom. The average Bonchev–Trinajstić information content (AvgIpc) is 3.63. The highest BCUT2D eigenvalue weighted by Crippen LogP contribution is 2.53. The number of fused-ring (bicyclic) bond motifs is 7. The van der Waals surface area contributed by atoms with Crippen molar-refractivity contribution in [2.24, 2.45) is 0 Å². The van der Waals surface area contributed by atoms with Gasteiger partial charge in [0.15, 0.2) is 5.82 Å². The molecule has 1 aliphatic carbocycles. The van der Waals surface area contributed by atoms with Gasteiger partial charge in [0.05, 0.1) is 34.7 Å². The highest BCUT2D eigenvalue weighted by Gasteiger charge is 2.37. The lowest BCUT2D eigenvalue weighted by molar-refractivity contribution is 0.661. The Bertz CT molecular complexity index is 2740. The molecule has 0 atom stereocenters. The van der Waals surface area contributed by atoms with Crippen LogP contribution < -0.4 is 0 Å². The normalized spacial score (nSPS) is 12.7. The van der Waals surface area contributed by atoms with E-state index < -0.39 is 0 Å². The maximum absolute atomic E-state index is 10.5. The average molecular weight is 640 g/mol. The van der Waals surface area contributed by atoms with Crippen LogP contribution in [0.25, 0.3) is 77.4 Å². The van der Waals surface area contributed by atoms with Crippen LogP contribution in [0.4, 0.5) is 5.69 Å². The van der Waals surface area contributed by atoms with Crippen molar-refractivity contribution in [3.05, 3.63) is 168 Å². The van der Waals surface area contributed by atoms with E-state index in [2.05, 4.69) is 90.0 Å². The minimum Gasteiger partial charge on any atom is -0.319 e. The molecule has 9 rings (SSSR count). The Balaban J connectivity index is 1.29. The maximum atomic E-state index is 10.5. The van der Waals surface area contributed by atoms with Crippen LogP contribution in [-0.2, 0) is 5.41 Å². The lowest BCUT2D eigenvalue weighted by atomic mass is 9.82. The van der Waals surface area contributed by atoms with Crippen molar-refractivity contribution in [2.75, 3.05) is 0 Å². The van der Waals surface area contributed by atoms with E-state index in [-0.39, 0.29) is 5.41 Å². The Kier molecular flexibility index (Phi) is 6.53. The van der Waals surface area contributed by atoms with Crippen LogP contribution in [0.15, 0.2) is 140 Å². The van der Waals surface area contributed by atoms with Crippen molar-refractivity contribution in [1.29, 1.82) is 5.26 Å². The van der Waals surface area contributed by atoms with Gasteiger partial charge in [-0.05, 0) is 52.1 Å². The quantitative estimate of drug-likeness (QED) is 0.180. The third kappa shape index (κ3) is 4.24. The molecule has 0 bridgehead atoms. The second kappa shape index (κ2) is 11.1. The molecule has 0 radical (unpaired) electrons. The number of hydrogen-bond acceptors (Lipinski definition) is 3. The molecule has 1 aliphatic rings. The van der Waals surface area contributed by atoms with Crippen LogP contribution in [0.1, 0.15) is 30.5 Å². The van der Waals surface area contributed by atoms with E-state index in [0.29, 0.717) is 34.0 Å². The molecule has 0 N–H and O–H groups in total. The van der Waals surface area contributed by atoms with E-state index in [1.54, 1.807) is 0 Å². The summed E-state index contributed by atoms with van der Waals surface area (Å²) in [5, 5.41) is 12.9. The van der Waals surface area contributed by atoms with Gasteiger partial charge in [0.2, 0.25) is 5.69 Å². The van der Waals surface area contributed by atoms with Gasteiger partial charge in [-0.1, -0.05) is 129 Å². The monoisotopic (exact) mass is 639 g/mol. The van der Waals surface area contributed by atoms with Crippen molar-refractivity contribution in [3.63, 3.8) is 0 Å². The highest BCUT2D eigenvalue weighted by molar-refractivity contribution is 6.18. The number of para-hydroxylation sites is 1. The minimum absolute atomic E-state index is 0.125. The molecule has 2 heterocycles. The van der Waals surface area contributed by atoms with E-state index in [0.717, 1.165) is 33.2 Å². The van der Waals surface area contributed by atoms with Gasteiger partial charge in [-0.15, -0.1) is 0 Å². The largest absolute Gasteiger partial charge is 0.319 e. The topological polar surface area (TPSA) is 58.9 Å². The van der Waals surface area contributed by atoms with Crippen molar-refractivity contribution in [1.82, 2.24) is 14.5 Å². The van der Waals surface area contributed by atoms with Crippen molar-refractivity contribution in [2.45, 2.75) is 19.3 Å². The SMILES string of the molecule is [C-]#[N+]c1cc(-c2nc(-c3ccccc3)nc(-c3ccccc3)c2C#N)ccc1-n1c2ccccc2c2c3c(ccc21)C(C)(C)c1ccccc1-3. The minimum atomic E-state index is -0.125. The number of nitrogens with zero attached hydrogens (tertiary/aromatic N) is 5. The molecule has 6 aromatic carbocycles. The summed E-state index contributed by atoms with van der Waals surface area (Å²) in [5.41, 5.74) is 12.2. The van der Waals surface area contributed by atoms with Crippen LogP contribution in [0.5, 0.6) is 0 Å². The first-order chi connectivity index (χ1) is 24.5. The fourth-order valence-corrected chi connectivity index (χ4v) is 7.76. The zero-order valence-electron chi connectivity index (χ0n) is 27.5. The molecule has 0 spiro atoms. The number of hydrogen-bond donors (Lipinski definition) is 0. The summed E-state index contributed by atoms with van der Waals surface area (Å²) in [4.78, 5) is 13.9. The number of nitriles is 1. The third-order valence-electron chi connectivity index (χ3n) is 10.1. The summed E-state index contributed by atoms with van der Waals surface area (Å²) < 4.78 is 2.21. The molecule has 8 aromatic rings. The molecule has 0 amide bonds. The van der Waals surface area contributed by atoms with Crippen LogP contribution in [-0.4, -0.2) is 14.5 Å². The molecule has 50 heavy (non-hydrogen) atoms. The fourth-order valence-electron chi connectivity index (χ4n) is 7.76. The van der Waals surface area contributed by atoms with Crippen LogP contribution >= 0.6 is 0 Å². The summed E-state index contributed by atoms with van der Waals surface area (Å²) >= 11 is 0. The fraction of sp³-hybridized carbons (Fsp3) is 0.0667. The predicted molar refractivity (Wildman–Crippen MR) is 201 cm³/mol. The van der Waals surface area contributed by atoms with Gasteiger partial charge in [-0.3, -0.25) is 0 Å². The second-order valence-corrected chi connectivity index (χ2v) is 13.2. The van der Waals surface area contributed by atoms with Gasteiger partial charge >= 0.3 is 0 Å². The number of rotatable bonds is 4. The molecule has 0 aliphatic heterocycles. The van der Waals surface area contributed by atoms with E-state index in [1.807, 2.05) is 78.9 Å². The van der Waals surface area contributed by atoms with Crippen molar-refractivity contribution < 1.29 is 0 Å². The molecule has 0 unspecified atom stereocenters. The van der Waals surface area contributed by atoms with Gasteiger partial charge in [0.1, 0.15) is 11.6 Å². The van der Waals surface area contributed by atoms with E-state index in [4.69, 9.17) is 16.5 Å². The Hall–Kier alpha value is -6.82. The number of benzene rings is 6. The van der Waals surface area contributed by atoms with Gasteiger partial charge in [0.25, 0.3) is 0 Å². The van der Waals surface area contributed by atoms with Gasteiger partial charge in [-0.25, -0.2) is 14.8 Å². The third-order valence-corrected chi connectivity index (χ3v) is 10.1. The van der Waals surface area contributed by atoms with Crippen molar-refractivity contribution >= 4 is 27.5 Å². The van der Waals surface area contributed by atoms with Gasteiger partial charge < -0.3 is 4.57 Å². The van der Waals surface area contributed by atoms with E-state index >= 15 is 0 Å². The van der Waals surface area contributed by atoms with Crippen molar-refractivity contribution in [3.8, 4) is 56.8 Å². The zero-order chi connectivity index (χ0) is 34.0. The molecular formula is C45H29N5. The maximum Gasteiger partial charge on any atom is 0.211 e. The Morgan fingerprint density at radius 2 is 1.32 bits per heavy atom. The lowest BCUT2D eigenvalue weighted by Crippen LogP contribution is -2.14. The first-order valence-electron chi connectivity index (χ1n) is 16.6. The Labute approximate surface area is 290 Å². The molecule has 2 aromatic heterocycles. The van der Waals surface area contributed by atoms with E-state index in [9.17, 15) is 5.26 Å². The summed E-state index contributed by atoms with van der Waals surface area (Å²) in [7, 11) is 0. The van der Waals surface area contributed by atoms with E-state index in [1.165, 1.54) is 27.6 Å². The summed E-state index contributed by atoms with van der Waals surface area (Å²) in [5.74, 6) is 0.520. The van der Waals surface area contributed by atoms with Gasteiger partial charge in [0, 0.05) is 27.3 Å². The first-order valence-corrected chi connectivity index (χ1v) is 16.6. The zero-order valence-corrected chi connectivity index (χ0v) is 27.5. The standard InChI is InChI=1S/C45H29N5/c1-45(2)34-20-12-10-18-31(34)40-35(45)23-25-39-41(40)32-19-11-13-21-37(32)50(39)38-24-22-30(26-36(38)47-3)43-33(27-46)42(28-14-6-4-7-15-28)48-44(49-43)29-16-8-5-9-17-29/h4-26H,1-2H3. The molecule has 5 heteroatoms. The van der Waals surface area contributed by atoms with Gasteiger partial charge in [-0.2, -0.15) is 5.26 Å². The molecule has 5 nitrogen and oxygen atoms in total. The number of aromatic nitrogens is 3. The molecule has 0 saturated heterocycles. The molecule has 0 fully saturated rings. The molecular weight excluding hydrogens is 611 g/mol. The van der Waals surface area contributed by atoms with Crippen LogP contribution in [0.3, 0.4) is 0 Å². The predicted octanol–water partition coefficient (Wildman–Crippen LogP) is 11.3.